The Balaban J connectivity index is 1.40. The molecule has 0 spiro atoms. The number of benzene rings is 1. The Bertz CT molecular complexity index is 1100. The highest BCUT2D eigenvalue weighted by atomic mass is 32.2. The van der Waals surface area contributed by atoms with E-state index in [0.717, 1.165) is 42.5 Å². The maximum Gasteiger partial charge on any atom is 0.267 e. The normalized spacial score (nSPS) is 17.6. The summed E-state index contributed by atoms with van der Waals surface area (Å²) in [4.78, 5) is 26.9. The minimum atomic E-state index is -3.58. The molecule has 0 bridgehead atoms. The van der Waals surface area contributed by atoms with Crippen molar-refractivity contribution in [1.82, 2.24) is 19.0 Å². The molecule has 30 heavy (non-hydrogen) atoms. The Morgan fingerprint density at radius 2 is 1.70 bits per heavy atom. The van der Waals surface area contributed by atoms with E-state index < -0.39 is 10.0 Å². The molecule has 0 saturated carbocycles. The predicted molar refractivity (Wildman–Crippen MR) is 112 cm³/mol. The monoisotopic (exact) mass is 430 g/mol. The van der Waals surface area contributed by atoms with Crippen molar-refractivity contribution in [3.63, 3.8) is 0 Å². The fourth-order valence-corrected chi connectivity index (χ4v) is 5.40. The zero-order valence-corrected chi connectivity index (χ0v) is 17.9. The van der Waals surface area contributed by atoms with E-state index in [4.69, 9.17) is 0 Å². The molecule has 0 unspecified atom stereocenters. The van der Waals surface area contributed by atoms with Gasteiger partial charge in [0.1, 0.15) is 6.54 Å². The lowest BCUT2D eigenvalue weighted by atomic mass is 9.97. The van der Waals surface area contributed by atoms with Crippen LogP contribution in [0, 0.1) is 6.92 Å². The minimum Gasteiger partial charge on any atom is -0.338 e. The molecule has 0 atom stereocenters. The maximum atomic E-state index is 12.8. The van der Waals surface area contributed by atoms with Crippen LogP contribution in [0.4, 0.5) is 0 Å². The minimum absolute atomic E-state index is 0.114. The van der Waals surface area contributed by atoms with E-state index in [2.05, 4.69) is 5.10 Å². The quantitative estimate of drug-likeness (QED) is 0.721. The fraction of sp³-hybridized carbons (Fsp3) is 0.476. The van der Waals surface area contributed by atoms with Crippen molar-refractivity contribution < 1.29 is 13.2 Å². The van der Waals surface area contributed by atoms with Gasteiger partial charge in [0.15, 0.2) is 0 Å². The van der Waals surface area contributed by atoms with Crippen LogP contribution in [0.5, 0.6) is 0 Å². The first-order chi connectivity index (χ1) is 14.3. The predicted octanol–water partition coefficient (Wildman–Crippen LogP) is 0.964. The van der Waals surface area contributed by atoms with Crippen LogP contribution in [0.1, 0.15) is 29.7 Å². The number of nitrogens with zero attached hydrogens (tertiary/aromatic N) is 4. The first kappa shape index (κ1) is 20.7. The van der Waals surface area contributed by atoms with Gasteiger partial charge in [-0.15, -0.1) is 0 Å². The number of carbonyl (C=O) groups excluding carboxylic acids is 1. The number of sulfonamides is 1. The summed E-state index contributed by atoms with van der Waals surface area (Å²) >= 11 is 0. The lowest BCUT2D eigenvalue weighted by Gasteiger charge is -2.34. The number of fused-ring (bicyclic) bond motifs is 1. The van der Waals surface area contributed by atoms with E-state index in [-0.39, 0.29) is 36.0 Å². The summed E-state index contributed by atoms with van der Waals surface area (Å²) in [5.74, 6) is -0.215. The van der Waals surface area contributed by atoms with Crippen LogP contribution >= 0.6 is 0 Å². The van der Waals surface area contributed by atoms with Gasteiger partial charge in [0.2, 0.25) is 15.9 Å². The number of rotatable bonds is 4. The number of hydrogen-bond donors (Lipinski definition) is 0. The molecule has 8 nitrogen and oxygen atoms in total. The lowest BCUT2D eigenvalue weighted by molar-refractivity contribution is -0.133. The van der Waals surface area contributed by atoms with Gasteiger partial charge in [-0.25, -0.2) is 13.1 Å². The number of piperazine rings is 1. The number of amides is 1. The van der Waals surface area contributed by atoms with Gasteiger partial charge < -0.3 is 4.90 Å². The summed E-state index contributed by atoms with van der Waals surface area (Å²) in [6, 6.07) is 8.36. The number of carbonyl (C=O) groups is 1. The standard InChI is InChI=1S/C21H26N4O4S/c1-16-6-8-18(9-7-16)30(28,29)24-12-10-23(11-13-24)21(27)15-25-20(26)14-17-4-2-3-5-19(17)22-25/h6-9,14H,2-5,10-13,15H2,1H3. The summed E-state index contributed by atoms with van der Waals surface area (Å²) in [6.07, 6.45) is 3.81. The van der Waals surface area contributed by atoms with Gasteiger partial charge in [0.05, 0.1) is 10.6 Å². The average Bonchev–Trinajstić information content (AvgIpc) is 2.74. The molecule has 1 amide bonds. The Morgan fingerprint density at radius 3 is 2.40 bits per heavy atom. The van der Waals surface area contributed by atoms with Crippen LogP contribution < -0.4 is 5.56 Å². The van der Waals surface area contributed by atoms with E-state index >= 15 is 0 Å². The number of aryl methyl sites for hydroxylation is 3. The van der Waals surface area contributed by atoms with E-state index in [0.29, 0.717) is 13.1 Å². The largest absolute Gasteiger partial charge is 0.338 e. The first-order valence-corrected chi connectivity index (χ1v) is 11.7. The summed E-state index contributed by atoms with van der Waals surface area (Å²) in [5.41, 5.74) is 2.63. The molecule has 1 aromatic heterocycles. The van der Waals surface area contributed by atoms with Gasteiger partial charge in [-0.2, -0.15) is 9.40 Å². The van der Waals surface area contributed by atoms with Crippen molar-refractivity contribution in [1.29, 1.82) is 0 Å². The molecule has 1 aliphatic heterocycles. The Kier molecular flexibility index (Phi) is 5.75. The zero-order chi connectivity index (χ0) is 21.3. The second-order valence-corrected chi connectivity index (χ2v) is 9.86. The number of hydrogen-bond acceptors (Lipinski definition) is 5. The third-order valence-corrected chi connectivity index (χ3v) is 7.72. The van der Waals surface area contributed by atoms with Crippen molar-refractivity contribution in [2.24, 2.45) is 0 Å². The molecule has 2 heterocycles. The molecule has 160 valence electrons. The van der Waals surface area contributed by atoms with Gasteiger partial charge in [-0.05, 0) is 50.3 Å². The van der Waals surface area contributed by atoms with Crippen molar-refractivity contribution in [3.05, 3.63) is 57.5 Å². The molecule has 0 radical (unpaired) electrons. The SMILES string of the molecule is Cc1ccc(S(=O)(=O)N2CCN(C(=O)Cn3nc4c(cc3=O)CCCC4)CC2)cc1. The van der Waals surface area contributed by atoms with Gasteiger partial charge >= 0.3 is 0 Å². The molecule has 1 saturated heterocycles. The summed E-state index contributed by atoms with van der Waals surface area (Å²) in [6.45, 7) is 2.84. The average molecular weight is 431 g/mol. The molecule has 2 aliphatic rings. The highest BCUT2D eigenvalue weighted by molar-refractivity contribution is 7.89. The number of aromatic nitrogens is 2. The second kappa shape index (κ2) is 8.31. The highest BCUT2D eigenvalue weighted by Gasteiger charge is 2.30. The smallest absolute Gasteiger partial charge is 0.267 e. The second-order valence-electron chi connectivity index (χ2n) is 7.92. The van der Waals surface area contributed by atoms with Crippen LogP contribution in [0.2, 0.25) is 0 Å². The van der Waals surface area contributed by atoms with Gasteiger partial charge in [0, 0.05) is 32.2 Å². The van der Waals surface area contributed by atoms with Crippen LogP contribution in [0.3, 0.4) is 0 Å². The van der Waals surface area contributed by atoms with Crippen LogP contribution in [0.15, 0.2) is 40.0 Å². The van der Waals surface area contributed by atoms with Gasteiger partial charge in [-0.3, -0.25) is 9.59 Å². The molecule has 1 aliphatic carbocycles. The molecule has 1 aromatic carbocycles. The van der Waals surface area contributed by atoms with E-state index in [9.17, 15) is 18.0 Å². The summed E-state index contributed by atoms with van der Waals surface area (Å²) < 4.78 is 28.3. The highest BCUT2D eigenvalue weighted by Crippen LogP contribution is 2.19. The summed E-state index contributed by atoms with van der Waals surface area (Å²) in [7, 11) is -3.58. The van der Waals surface area contributed by atoms with Crippen molar-refractivity contribution in [2.75, 3.05) is 26.2 Å². The van der Waals surface area contributed by atoms with E-state index in [1.165, 1.54) is 8.99 Å². The van der Waals surface area contributed by atoms with E-state index in [1.54, 1.807) is 35.2 Å². The molecule has 9 heteroatoms. The third-order valence-electron chi connectivity index (χ3n) is 5.81. The Hall–Kier alpha value is -2.52. The molecular weight excluding hydrogens is 404 g/mol. The fourth-order valence-electron chi connectivity index (χ4n) is 3.98. The Labute approximate surface area is 176 Å². The maximum absolute atomic E-state index is 12.8. The van der Waals surface area contributed by atoms with Crippen molar-refractivity contribution in [3.8, 4) is 0 Å². The zero-order valence-electron chi connectivity index (χ0n) is 17.1. The lowest BCUT2D eigenvalue weighted by Crippen LogP contribution is -2.51. The molecule has 2 aromatic rings. The van der Waals surface area contributed by atoms with Crippen molar-refractivity contribution >= 4 is 15.9 Å². The third kappa shape index (κ3) is 4.17. The van der Waals surface area contributed by atoms with Gasteiger partial charge in [0.25, 0.3) is 5.56 Å². The molecular formula is C21H26N4O4S. The first-order valence-electron chi connectivity index (χ1n) is 10.3. The van der Waals surface area contributed by atoms with Crippen molar-refractivity contribution in [2.45, 2.75) is 44.0 Å². The molecule has 4 rings (SSSR count). The van der Waals surface area contributed by atoms with Gasteiger partial charge in [-0.1, -0.05) is 17.7 Å². The topological polar surface area (TPSA) is 92.6 Å². The Morgan fingerprint density at radius 1 is 1.03 bits per heavy atom. The van der Waals surface area contributed by atoms with Crippen LogP contribution in [-0.4, -0.2) is 59.5 Å². The van der Waals surface area contributed by atoms with Crippen LogP contribution in [-0.2, 0) is 34.2 Å². The van der Waals surface area contributed by atoms with E-state index in [1.807, 2.05) is 6.92 Å². The molecule has 1 fully saturated rings. The summed E-state index contributed by atoms with van der Waals surface area (Å²) in [5, 5.41) is 4.40. The van der Waals surface area contributed by atoms with Crippen LogP contribution in [0.25, 0.3) is 0 Å². The molecule has 0 N–H and O–H groups in total.